The summed E-state index contributed by atoms with van der Waals surface area (Å²) in [4.78, 5) is 34.9. The lowest BCUT2D eigenvalue weighted by Crippen LogP contribution is -2.43. The highest BCUT2D eigenvalue weighted by Gasteiger charge is 2.51. The number of benzene rings is 1. The maximum absolute atomic E-state index is 12.0. The van der Waals surface area contributed by atoms with Gasteiger partial charge in [0.15, 0.2) is 0 Å². The van der Waals surface area contributed by atoms with Gasteiger partial charge in [0.2, 0.25) is 5.91 Å². The van der Waals surface area contributed by atoms with Crippen LogP contribution in [-0.4, -0.2) is 28.4 Å². The number of carboxylic acid groups (broad SMARTS) is 1. The molecule has 1 aromatic rings. The molecule has 2 aliphatic carbocycles. The fourth-order valence-electron chi connectivity index (χ4n) is 2.43. The molecule has 2 unspecified atom stereocenters. The van der Waals surface area contributed by atoms with Gasteiger partial charge in [-0.1, -0.05) is 6.92 Å². The number of hydrogen-bond donors (Lipinski definition) is 3. The monoisotopic (exact) mass is 302 g/mol. The van der Waals surface area contributed by atoms with Crippen molar-refractivity contribution in [3.63, 3.8) is 0 Å². The number of carbonyl (C=O) groups excluding carboxylic acids is 2. The van der Waals surface area contributed by atoms with Crippen LogP contribution >= 0.6 is 0 Å². The summed E-state index contributed by atoms with van der Waals surface area (Å²) in [6.45, 7) is 2.04. The number of amides is 2. The number of anilines is 1. The molecule has 1 aromatic carbocycles. The van der Waals surface area contributed by atoms with Crippen LogP contribution in [0.3, 0.4) is 0 Å². The highest BCUT2D eigenvalue weighted by Crippen LogP contribution is 2.38. The van der Waals surface area contributed by atoms with Gasteiger partial charge >= 0.3 is 5.97 Å². The van der Waals surface area contributed by atoms with Gasteiger partial charge in [0.25, 0.3) is 5.91 Å². The molecule has 2 atom stereocenters. The summed E-state index contributed by atoms with van der Waals surface area (Å²) in [6.07, 6.45) is 1.84. The molecule has 6 nitrogen and oxygen atoms in total. The van der Waals surface area contributed by atoms with Crippen LogP contribution in [0, 0.1) is 11.8 Å². The highest BCUT2D eigenvalue weighted by atomic mass is 16.4. The minimum atomic E-state index is -1.09. The van der Waals surface area contributed by atoms with E-state index in [0.29, 0.717) is 30.0 Å². The van der Waals surface area contributed by atoms with E-state index < -0.39 is 17.4 Å². The summed E-state index contributed by atoms with van der Waals surface area (Å²) >= 11 is 0. The molecule has 0 spiro atoms. The van der Waals surface area contributed by atoms with Gasteiger partial charge in [0.05, 0.1) is 0 Å². The van der Waals surface area contributed by atoms with E-state index in [-0.39, 0.29) is 11.8 Å². The number of carbonyl (C=O) groups is 3. The van der Waals surface area contributed by atoms with Crippen LogP contribution in [0.5, 0.6) is 0 Å². The molecule has 0 aromatic heterocycles. The van der Waals surface area contributed by atoms with Crippen molar-refractivity contribution < 1.29 is 19.5 Å². The van der Waals surface area contributed by atoms with E-state index in [4.69, 9.17) is 5.11 Å². The Kier molecular flexibility index (Phi) is 3.39. The molecule has 3 N–H and O–H groups in total. The Morgan fingerprint density at radius 3 is 2.23 bits per heavy atom. The molecule has 0 saturated heterocycles. The zero-order valence-corrected chi connectivity index (χ0v) is 12.3. The molecule has 22 heavy (non-hydrogen) atoms. The van der Waals surface area contributed by atoms with Crippen LogP contribution in [-0.2, 0) is 9.59 Å². The van der Waals surface area contributed by atoms with E-state index in [1.165, 1.54) is 0 Å². The second-order valence-electron chi connectivity index (χ2n) is 6.23. The molecule has 0 aliphatic heterocycles. The summed E-state index contributed by atoms with van der Waals surface area (Å²) in [5, 5.41) is 14.4. The zero-order valence-electron chi connectivity index (χ0n) is 12.3. The van der Waals surface area contributed by atoms with Gasteiger partial charge in [-0.05, 0) is 49.4 Å². The maximum Gasteiger partial charge on any atom is 0.329 e. The average molecular weight is 302 g/mol. The number of aliphatic carboxylic acids is 1. The molecular formula is C16H18N2O4. The molecule has 6 heteroatoms. The Morgan fingerprint density at radius 2 is 1.77 bits per heavy atom. The summed E-state index contributed by atoms with van der Waals surface area (Å²) in [6, 6.07) is 6.47. The predicted octanol–water partition coefficient (Wildman–Crippen LogP) is 1.63. The third kappa shape index (κ3) is 2.81. The third-order valence-electron chi connectivity index (χ3n) is 4.37. The summed E-state index contributed by atoms with van der Waals surface area (Å²) in [5.74, 6) is -0.867. The van der Waals surface area contributed by atoms with Crippen LogP contribution in [0.25, 0.3) is 0 Å². The normalized spacial score (nSPS) is 24.2. The molecule has 116 valence electrons. The van der Waals surface area contributed by atoms with E-state index in [0.717, 1.165) is 6.42 Å². The molecule has 2 saturated carbocycles. The van der Waals surface area contributed by atoms with Gasteiger partial charge in [0, 0.05) is 17.2 Å². The lowest BCUT2D eigenvalue weighted by Gasteiger charge is -2.12. The molecular weight excluding hydrogens is 284 g/mol. The van der Waals surface area contributed by atoms with Gasteiger partial charge in [-0.3, -0.25) is 9.59 Å². The SMILES string of the molecule is CC1CC1C(=O)Nc1ccc(C(=O)NC2(C(=O)O)CC2)cc1. The molecule has 0 heterocycles. The van der Waals surface area contributed by atoms with Crippen molar-refractivity contribution in [1.29, 1.82) is 0 Å². The number of nitrogens with one attached hydrogen (secondary N) is 2. The molecule has 2 aliphatic rings. The first-order valence-corrected chi connectivity index (χ1v) is 7.38. The van der Waals surface area contributed by atoms with Crippen molar-refractivity contribution >= 4 is 23.5 Å². The smallest absolute Gasteiger partial charge is 0.329 e. The Balaban J connectivity index is 1.60. The fraction of sp³-hybridized carbons (Fsp3) is 0.438. The topological polar surface area (TPSA) is 95.5 Å². The van der Waals surface area contributed by atoms with Crippen LogP contribution in [0.2, 0.25) is 0 Å². The molecule has 2 amide bonds. The highest BCUT2D eigenvalue weighted by molar-refractivity contribution is 6.00. The van der Waals surface area contributed by atoms with E-state index in [2.05, 4.69) is 10.6 Å². The summed E-state index contributed by atoms with van der Waals surface area (Å²) in [5.41, 5.74) is -0.0724. The van der Waals surface area contributed by atoms with Gasteiger partial charge in [-0.2, -0.15) is 0 Å². The number of carboxylic acids is 1. The lowest BCUT2D eigenvalue weighted by molar-refractivity contribution is -0.140. The second kappa shape index (κ2) is 5.12. The van der Waals surface area contributed by atoms with E-state index in [1.54, 1.807) is 24.3 Å². The first kappa shape index (κ1) is 14.6. The number of hydrogen-bond acceptors (Lipinski definition) is 3. The van der Waals surface area contributed by atoms with Crippen molar-refractivity contribution in [1.82, 2.24) is 5.32 Å². The largest absolute Gasteiger partial charge is 0.480 e. The van der Waals surface area contributed by atoms with Gasteiger partial charge in [-0.15, -0.1) is 0 Å². The van der Waals surface area contributed by atoms with Gasteiger partial charge in [-0.25, -0.2) is 4.79 Å². The second-order valence-corrected chi connectivity index (χ2v) is 6.23. The minimum absolute atomic E-state index is 0.00696. The van der Waals surface area contributed by atoms with Crippen molar-refractivity contribution in [2.75, 3.05) is 5.32 Å². The van der Waals surface area contributed by atoms with Crippen molar-refractivity contribution in [3.8, 4) is 0 Å². The summed E-state index contributed by atoms with van der Waals surface area (Å²) in [7, 11) is 0. The Morgan fingerprint density at radius 1 is 1.18 bits per heavy atom. The van der Waals surface area contributed by atoms with Crippen LogP contribution in [0.15, 0.2) is 24.3 Å². The molecule has 0 bridgehead atoms. The fourth-order valence-corrected chi connectivity index (χ4v) is 2.43. The minimum Gasteiger partial charge on any atom is -0.480 e. The standard InChI is InChI=1S/C16H18N2O4/c1-9-8-12(9)14(20)17-11-4-2-10(3-5-11)13(19)18-16(6-7-16)15(21)22/h2-5,9,12H,6-8H2,1H3,(H,17,20)(H,18,19)(H,21,22). The third-order valence-corrected chi connectivity index (χ3v) is 4.37. The van der Waals surface area contributed by atoms with Gasteiger partial charge < -0.3 is 15.7 Å². The van der Waals surface area contributed by atoms with Crippen molar-refractivity contribution in [2.24, 2.45) is 11.8 Å². The van der Waals surface area contributed by atoms with E-state index in [1.807, 2.05) is 6.92 Å². The van der Waals surface area contributed by atoms with Crippen LogP contribution in [0.1, 0.15) is 36.5 Å². The summed E-state index contributed by atoms with van der Waals surface area (Å²) < 4.78 is 0. The quantitative estimate of drug-likeness (QED) is 0.770. The van der Waals surface area contributed by atoms with E-state index >= 15 is 0 Å². The van der Waals surface area contributed by atoms with Crippen molar-refractivity contribution in [3.05, 3.63) is 29.8 Å². The van der Waals surface area contributed by atoms with Crippen molar-refractivity contribution in [2.45, 2.75) is 31.7 Å². The zero-order chi connectivity index (χ0) is 15.9. The van der Waals surface area contributed by atoms with Crippen LogP contribution in [0.4, 0.5) is 5.69 Å². The Hall–Kier alpha value is -2.37. The Labute approximate surface area is 127 Å². The average Bonchev–Trinajstić information content (AvgIpc) is 3.37. The molecule has 3 rings (SSSR count). The van der Waals surface area contributed by atoms with E-state index in [9.17, 15) is 14.4 Å². The van der Waals surface area contributed by atoms with Crippen LogP contribution < -0.4 is 10.6 Å². The van der Waals surface area contributed by atoms with Gasteiger partial charge in [0.1, 0.15) is 5.54 Å². The first-order valence-electron chi connectivity index (χ1n) is 7.38. The Bertz CT molecular complexity index is 634. The predicted molar refractivity (Wildman–Crippen MR) is 79.4 cm³/mol. The first-order chi connectivity index (χ1) is 10.4. The number of rotatable bonds is 5. The molecule has 0 radical (unpaired) electrons. The lowest BCUT2D eigenvalue weighted by atomic mass is 10.1. The molecule has 2 fully saturated rings. The maximum atomic E-state index is 12.0.